The lowest BCUT2D eigenvalue weighted by atomic mass is 10.2. The fraction of sp³-hybridized carbons (Fsp3) is 0.100. The van der Waals surface area contributed by atoms with Gasteiger partial charge in [0.25, 0.3) is 0 Å². The summed E-state index contributed by atoms with van der Waals surface area (Å²) in [5, 5.41) is 9.97. The van der Waals surface area contributed by atoms with E-state index in [1.807, 2.05) is 12.1 Å². The number of aromatic nitrogens is 2. The van der Waals surface area contributed by atoms with Gasteiger partial charge >= 0.3 is 0 Å². The molecule has 4 heteroatoms. The first-order chi connectivity index (χ1) is 6.66. The minimum Gasteiger partial charge on any atom is -0.492 e. The summed E-state index contributed by atoms with van der Waals surface area (Å²) in [6.45, 7) is 1.77. The average molecular weight is 209 g/mol. The first-order valence-corrected chi connectivity index (χ1v) is 4.56. The van der Waals surface area contributed by atoms with Crippen LogP contribution in [0.5, 0.6) is 5.88 Å². The summed E-state index contributed by atoms with van der Waals surface area (Å²) in [5.74, 6) is 0.687. The number of benzene rings is 1. The predicted octanol–water partition coefficient (Wildman–Crippen LogP) is 2.74. The van der Waals surface area contributed by atoms with Crippen LogP contribution in [0.15, 0.2) is 24.3 Å². The highest BCUT2D eigenvalue weighted by Crippen LogP contribution is 2.22. The minimum absolute atomic E-state index is 0.0370. The zero-order valence-electron chi connectivity index (χ0n) is 7.58. The molecule has 0 saturated carbocycles. The second-order valence-corrected chi connectivity index (χ2v) is 3.48. The van der Waals surface area contributed by atoms with Crippen LogP contribution in [0.4, 0.5) is 0 Å². The normalized spacial score (nSPS) is 10.4. The largest absolute Gasteiger partial charge is 0.492 e. The van der Waals surface area contributed by atoms with E-state index >= 15 is 0 Å². The van der Waals surface area contributed by atoms with Gasteiger partial charge in [-0.05, 0) is 31.2 Å². The number of aromatic hydroxyl groups is 1. The van der Waals surface area contributed by atoms with Gasteiger partial charge in [-0.2, -0.15) is 4.98 Å². The molecular formula is C10H9ClN2O. The molecule has 72 valence electrons. The Labute approximate surface area is 86.4 Å². The van der Waals surface area contributed by atoms with E-state index in [0.29, 0.717) is 16.5 Å². The molecule has 0 fully saturated rings. The molecule has 3 nitrogen and oxygen atoms in total. The van der Waals surface area contributed by atoms with Gasteiger partial charge in [0.2, 0.25) is 5.88 Å². The van der Waals surface area contributed by atoms with Crippen molar-refractivity contribution in [3.8, 4) is 17.3 Å². The molecule has 2 N–H and O–H groups in total. The first kappa shape index (κ1) is 9.09. The number of halogens is 1. The lowest BCUT2D eigenvalue weighted by molar-refractivity contribution is 0.452. The van der Waals surface area contributed by atoms with E-state index in [1.165, 1.54) is 0 Å². The molecule has 0 spiro atoms. The molecule has 2 aromatic rings. The van der Waals surface area contributed by atoms with E-state index in [9.17, 15) is 5.11 Å². The number of hydrogen-bond donors (Lipinski definition) is 2. The van der Waals surface area contributed by atoms with Crippen LogP contribution < -0.4 is 0 Å². The van der Waals surface area contributed by atoms with Crippen molar-refractivity contribution in [2.24, 2.45) is 0 Å². The van der Waals surface area contributed by atoms with Gasteiger partial charge in [0.15, 0.2) is 0 Å². The quantitative estimate of drug-likeness (QED) is 0.757. The maximum Gasteiger partial charge on any atom is 0.232 e. The summed E-state index contributed by atoms with van der Waals surface area (Å²) in [4.78, 5) is 6.94. The van der Waals surface area contributed by atoms with Gasteiger partial charge in [-0.1, -0.05) is 11.6 Å². The third-order valence-corrected chi connectivity index (χ3v) is 2.23. The molecule has 0 amide bonds. The van der Waals surface area contributed by atoms with Crippen molar-refractivity contribution in [1.29, 1.82) is 0 Å². The van der Waals surface area contributed by atoms with Gasteiger partial charge < -0.3 is 10.1 Å². The molecule has 1 heterocycles. The van der Waals surface area contributed by atoms with Crippen molar-refractivity contribution in [1.82, 2.24) is 9.97 Å². The number of hydrogen-bond acceptors (Lipinski definition) is 2. The molecule has 14 heavy (non-hydrogen) atoms. The number of aromatic amines is 1. The summed E-state index contributed by atoms with van der Waals surface area (Å²) < 4.78 is 0. The SMILES string of the molecule is Cc1[nH]c(-c2ccc(Cl)cc2)nc1O. The Bertz CT molecular complexity index is 428. The standard InChI is InChI=1S/C10H9ClN2O/c1-6-10(14)13-9(12-6)7-2-4-8(11)5-3-7/h2-5,14H,1H3,(H,12,13). The molecule has 0 unspecified atom stereocenters. The number of nitrogens with zero attached hydrogens (tertiary/aromatic N) is 1. The molecule has 2 rings (SSSR count). The summed E-state index contributed by atoms with van der Waals surface area (Å²) >= 11 is 5.76. The highest BCUT2D eigenvalue weighted by molar-refractivity contribution is 6.30. The number of imidazole rings is 1. The highest BCUT2D eigenvalue weighted by atomic mass is 35.5. The van der Waals surface area contributed by atoms with Crippen LogP contribution in [0.3, 0.4) is 0 Å². The minimum atomic E-state index is 0.0370. The molecular weight excluding hydrogens is 200 g/mol. The van der Waals surface area contributed by atoms with E-state index in [2.05, 4.69) is 9.97 Å². The zero-order valence-corrected chi connectivity index (χ0v) is 8.34. The van der Waals surface area contributed by atoms with Gasteiger partial charge in [-0.25, -0.2) is 0 Å². The Balaban J connectivity index is 2.44. The van der Waals surface area contributed by atoms with Gasteiger partial charge in [0.1, 0.15) is 5.82 Å². The number of aryl methyl sites for hydroxylation is 1. The summed E-state index contributed by atoms with van der Waals surface area (Å²) in [5.41, 5.74) is 1.56. The maximum absolute atomic E-state index is 9.29. The fourth-order valence-corrected chi connectivity index (χ4v) is 1.32. The molecule has 0 aliphatic heterocycles. The zero-order chi connectivity index (χ0) is 10.1. The third-order valence-electron chi connectivity index (χ3n) is 1.98. The van der Waals surface area contributed by atoms with Crippen molar-refractivity contribution in [3.05, 3.63) is 35.0 Å². The average Bonchev–Trinajstić information content (AvgIpc) is 2.48. The molecule has 0 bridgehead atoms. The van der Waals surface area contributed by atoms with Crippen molar-refractivity contribution in [3.63, 3.8) is 0 Å². The second-order valence-electron chi connectivity index (χ2n) is 3.04. The third kappa shape index (κ3) is 1.59. The van der Waals surface area contributed by atoms with Crippen molar-refractivity contribution < 1.29 is 5.11 Å². The van der Waals surface area contributed by atoms with E-state index < -0.39 is 0 Å². The van der Waals surface area contributed by atoms with Crippen LogP contribution in [0, 0.1) is 6.92 Å². The lowest BCUT2D eigenvalue weighted by Gasteiger charge is -1.95. The van der Waals surface area contributed by atoms with Gasteiger partial charge in [0.05, 0.1) is 5.69 Å². The summed E-state index contributed by atoms with van der Waals surface area (Å²) in [7, 11) is 0. The van der Waals surface area contributed by atoms with Crippen molar-refractivity contribution in [2.45, 2.75) is 6.92 Å². The van der Waals surface area contributed by atoms with Crippen LogP contribution in [0.1, 0.15) is 5.69 Å². The number of H-pyrrole nitrogens is 1. The van der Waals surface area contributed by atoms with E-state index in [0.717, 1.165) is 5.56 Å². The van der Waals surface area contributed by atoms with Gasteiger partial charge in [0, 0.05) is 10.6 Å². The van der Waals surface area contributed by atoms with E-state index in [1.54, 1.807) is 19.1 Å². The number of nitrogens with one attached hydrogen (secondary N) is 1. The fourth-order valence-electron chi connectivity index (χ4n) is 1.20. The summed E-state index contributed by atoms with van der Waals surface area (Å²) in [6, 6.07) is 7.26. The molecule has 1 aromatic carbocycles. The second kappa shape index (κ2) is 3.35. The van der Waals surface area contributed by atoms with Crippen LogP contribution in [0.25, 0.3) is 11.4 Å². The van der Waals surface area contributed by atoms with E-state index in [-0.39, 0.29) is 5.88 Å². The Hall–Kier alpha value is -1.48. The molecule has 1 aromatic heterocycles. The molecule has 0 aliphatic carbocycles. The molecule has 0 radical (unpaired) electrons. The van der Waals surface area contributed by atoms with Crippen LogP contribution in [-0.2, 0) is 0 Å². The Morgan fingerprint density at radius 3 is 2.43 bits per heavy atom. The Morgan fingerprint density at radius 1 is 1.29 bits per heavy atom. The Kier molecular flexibility index (Phi) is 2.17. The molecule has 0 saturated heterocycles. The van der Waals surface area contributed by atoms with Crippen LogP contribution in [-0.4, -0.2) is 15.1 Å². The maximum atomic E-state index is 9.29. The topological polar surface area (TPSA) is 48.9 Å². The van der Waals surface area contributed by atoms with Crippen LogP contribution in [0.2, 0.25) is 5.02 Å². The smallest absolute Gasteiger partial charge is 0.232 e. The number of rotatable bonds is 1. The predicted molar refractivity (Wildman–Crippen MR) is 55.4 cm³/mol. The van der Waals surface area contributed by atoms with Crippen molar-refractivity contribution >= 4 is 11.6 Å². The molecule has 0 atom stereocenters. The van der Waals surface area contributed by atoms with Gasteiger partial charge in [-0.3, -0.25) is 0 Å². The van der Waals surface area contributed by atoms with E-state index in [4.69, 9.17) is 11.6 Å². The lowest BCUT2D eigenvalue weighted by Crippen LogP contribution is -1.79. The molecule has 0 aliphatic rings. The van der Waals surface area contributed by atoms with Gasteiger partial charge in [-0.15, -0.1) is 0 Å². The first-order valence-electron chi connectivity index (χ1n) is 4.18. The highest BCUT2D eigenvalue weighted by Gasteiger charge is 2.06. The Morgan fingerprint density at radius 2 is 1.93 bits per heavy atom. The summed E-state index contributed by atoms with van der Waals surface area (Å²) in [6.07, 6.45) is 0. The monoisotopic (exact) mass is 208 g/mol. The van der Waals surface area contributed by atoms with Crippen molar-refractivity contribution in [2.75, 3.05) is 0 Å². The van der Waals surface area contributed by atoms with Crippen LogP contribution >= 0.6 is 11.6 Å².